The van der Waals surface area contributed by atoms with Gasteiger partial charge in [-0.3, -0.25) is 0 Å². The van der Waals surface area contributed by atoms with Crippen LogP contribution in [0, 0.1) is 5.92 Å². The number of anilines is 1. The molecule has 0 aliphatic heterocycles. The van der Waals surface area contributed by atoms with Crippen LogP contribution in [0.5, 0.6) is 0 Å². The number of nitrogens with zero attached hydrogens (tertiary/aromatic N) is 3. The monoisotopic (exact) mass is 230 g/mol. The molecule has 0 spiro atoms. The summed E-state index contributed by atoms with van der Waals surface area (Å²) in [6, 6.07) is 5.88. The quantitative estimate of drug-likeness (QED) is 0.858. The van der Waals surface area contributed by atoms with Gasteiger partial charge in [0, 0.05) is 18.9 Å². The molecular weight excluding hydrogens is 212 g/mol. The van der Waals surface area contributed by atoms with E-state index in [1.54, 1.807) is 10.9 Å². The van der Waals surface area contributed by atoms with E-state index in [0.717, 1.165) is 24.0 Å². The fourth-order valence-electron chi connectivity index (χ4n) is 1.54. The number of rotatable bonds is 5. The maximum atomic E-state index is 4.36. The van der Waals surface area contributed by atoms with Gasteiger partial charge in [-0.1, -0.05) is 13.8 Å². The molecular formula is C13H18N4. The minimum absolute atomic E-state index is 0.721. The Labute approximate surface area is 102 Å². The van der Waals surface area contributed by atoms with E-state index < -0.39 is 0 Å². The van der Waals surface area contributed by atoms with E-state index in [4.69, 9.17) is 0 Å². The van der Waals surface area contributed by atoms with Gasteiger partial charge in [-0.25, -0.2) is 9.67 Å². The molecule has 2 aromatic rings. The van der Waals surface area contributed by atoms with Crippen molar-refractivity contribution in [1.82, 2.24) is 14.8 Å². The van der Waals surface area contributed by atoms with Crippen molar-refractivity contribution >= 4 is 5.69 Å². The first-order chi connectivity index (χ1) is 8.25. The van der Waals surface area contributed by atoms with Crippen LogP contribution in [0.2, 0.25) is 0 Å². The Hall–Kier alpha value is -1.84. The highest BCUT2D eigenvalue weighted by atomic mass is 15.3. The van der Waals surface area contributed by atoms with Crippen LogP contribution < -0.4 is 5.32 Å². The van der Waals surface area contributed by atoms with E-state index in [1.165, 1.54) is 6.42 Å². The average molecular weight is 230 g/mol. The highest BCUT2D eigenvalue weighted by Crippen LogP contribution is 2.09. The summed E-state index contributed by atoms with van der Waals surface area (Å²) in [5.41, 5.74) is 1.06. The number of hydrogen-bond donors (Lipinski definition) is 1. The van der Waals surface area contributed by atoms with Crippen LogP contribution in [-0.2, 0) is 0 Å². The first kappa shape index (κ1) is 11.6. The second-order valence-corrected chi connectivity index (χ2v) is 4.47. The topological polar surface area (TPSA) is 42.7 Å². The Balaban J connectivity index is 1.94. The fraction of sp³-hybridized carbons (Fsp3) is 0.385. The predicted octanol–water partition coefficient (Wildman–Crippen LogP) is 2.73. The molecule has 4 heteroatoms. The molecule has 2 heterocycles. The maximum absolute atomic E-state index is 4.36. The van der Waals surface area contributed by atoms with E-state index in [9.17, 15) is 0 Å². The Morgan fingerprint density at radius 2 is 2.24 bits per heavy atom. The summed E-state index contributed by atoms with van der Waals surface area (Å²) in [5.74, 6) is 1.56. The van der Waals surface area contributed by atoms with Crippen LogP contribution in [0.4, 0.5) is 5.69 Å². The standard InChI is InChI=1S/C13H18N4/c1-11(2)6-8-14-12-4-5-13(15-10-12)17-9-3-7-16-17/h3-5,7,9-11,14H,6,8H2,1-2H3. The summed E-state index contributed by atoms with van der Waals surface area (Å²) in [6.07, 6.45) is 6.64. The van der Waals surface area contributed by atoms with Crippen LogP contribution in [-0.4, -0.2) is 21.3 Å². The zero-order chi connectivity index (χ0) is 12.1. The third kappa shape index (κ3) is 3.31. The van der Waals surface area contributed by atoms with Gasteiger partial charge in [0.2, 0.25) is 0 Å². The van der Waals surface area contributed by atoms with Crippen LogP contribution >= 0.6 is 0 Å². The molecule has 0 amide bonds. The Kier molecular flexibility index (Phi) is 3.75. The van der Waals surface area contributed by atoms with Crippen LogP contribution in [0.25, 0.3) is 5.82 Å². The lowest BCUT2D eigenvalue weighted by atomic mass is 10.1. The van der Waals surface area contributed by atoms with Crippen molar-refractivity contribution in [2.24, 2.45) is 5.92 Å². The number of pyridine rings is 1. The van der Waals surface area contributed by atoms with Gasteiger partial charge in [-0.2, -0.15) is 5.10 Å². The summed E-state index contributed by atoms with van der Waals surface area (Å²) < 4.78 is 1.75. The van der Waals surface area contributed by atoms with Gasteiger partial charge < -0.3 is 5.32 Å². The Bertz CT molecular complexity index is 431. The van der Waals surface area contributed by atoms with Gasteiger partial charge in [0.1, 0.15) is 0 Å². The van der Waals surface area contributed by atoms with Gasteiger partial charge in [0.05, 0.1) is 11.9 Å². The molecule has 0 aromatic carbocycles. The molecule has 17 heavy (non-hydrogen) atoms. The smallest absolute Gasteiger partial charge is 0.153 e. The van der Waals surface area contributed by atoms with Crippen molar-refractivity contribution in [2.75, 3.05) is 11.9 Å². The highest BCUT2D eigenvalue weighted by molar-refractivity contribution is 5.43. The van der Waals surface area contributed by atoms with Gasteiger partial charge in [-0.15, -0.1) is 0 Å². The molecule has 0 saturated heterocycles. The first-order valence-corrected chi connectivity index (χ1v) is 5.95. The molecule has 2 aromatic heterocycles. The summed E-state index contributed by atoms with van der Waals surface area (Å²) in [5, 5.41) is 7.49. The van der Waals surface area contributed by atoms with Gasteiger partial charge in [0.25, 0.3) is 0 Å². The van der Waals surface area contributed by atoms with Gasteiger partial charge >= 0.3 is 0 Å². The molecule has 4 nitrogen and oxygen atoms in total. The first-order valence-electron chi connectivity index (χ1n) is 5.95. The number of aromatic nitrogens is 3. The second kappa shape index (κ2) is 5.48. The Morgan fingerprint density at radius 3 is 2.82 bits per heavy atom. The molecule has 0 saturated carbocycles. The van der Waals surface area contributed by atoms with Crippen molar-refractivity contribution in [3.05, 3.63) is 36.8 Å². The van der Waals surface area contributed by atoms with E-state index in [2.05, 4.69) is 29.2 Å². The molecule has 1 N–H and O–H groups in total. The van der Waals surface area contributed by atoms with Crippen molar-refractivity contribution < 1.29 is 0 Å². The van der Waals surface area contributed by atoms with E-state index in [0.29, 0.717) is 0 Å². The molecule has 0 aliphatic rings. The minimum Gasteiger partial charge on any atom is -0.384 e. The number of hydrogen-bond acceptors (Lipinski definition) is 3. The van der Waals surface area contributed by atoms with Gasteiger partial charge in [0.15, 0.2) is 5.82 Å². The molecule has 0 aliphatic carbocycles. The van der Waals surface area contributed by atoms with Gasteiger partial charge in [-0.05, 0) is 30.5 Å². The van der Waals surface area contributed by atoms with Crippen LogP contribution in [0.3, 0.4) is 0 Å². The largest absolute Gasteiger partial charge is 0.384 e. The van der Waals surface area contributed by atoms with Crippen LogP contribution in [0.15, 0.2) is 36.8 Å². The van der Waals surface area contributed by atoms with E-state index in [1.807, 2.05) is 30.6 Å². The minimum atomic E-state index is 0.721. The summed E-state index contributed by atoms with van der Waals surface area (Å²) >= 11 is 0. The Morgan fingerprint density at radius 1 is 1.35 bits per heavy atom. The number of nitrogens with one attached hydrogen (secondary N) is 1. The SMILES string of the molecule is CC(C)CCNc1ccc(-n2cccn2)nc1. The molecule has 2 rings (SSSR count). The highest BCUT2D eigenvalue weighted by Gasteiger charge is 1.98. The molecule has 90 valence electrons. The van der Waals surface area contributed by atoms with Crippen molar-refractivity contribution in [3.8, 4) is 5.82 Å². The summed E-state index contributed by atoms with van der Waals surface area (Å²) in [7, 11) is 0. The lowest BCUT2D eigenvalue weighted by molar-refractivity contribution is 0.607. The third-order valence-corrected chi connectivity index (χ3v) is 2.54. The summed E-state index contributed by atoms with van der Waals surface area (Å²) in [6.45, 7) is 5.43. The molecule has 0 fully saturated rings. The zero-order valence-electron chi connectivity index (χ0n) is 10.3. The van der Waals surface area contributed by atoms with E-state index in [-0.39, 0.29) is 0 Å². The fourth-order valence-corrected chi connectivity index (χ4v) is 1.54. The lowest BCUT2D eigenvalue weighted by Gasteiger charge is -2.08. The van der Waals surface area contributed by atoms with Crippen molar-refractivity contribution in [3.63, 3.8) is 0 Å². The van der Waals surface area contributed by atoms with Crippen molar-refractivity contribution in [2.45, 2.75) is 20.3 Å². The predicted molar refractivity (Wildman–Crippen MR) is 69.3 cm³/mol. The third-order valence-electron chi connectivity index (χ3n) is 2.54. The van der Waals surface area contributed by atoms with Crippen molar-refractivity contribution in [1.29, 1.82) is 0 Å². The lowest BCUT2D eigenvalue weighted by Crippen LogP contribution is -2.05. The average Bonchev–Trinajstić information content (AvgIpc) is 2.83. The molecule has 0 radical (unpaired) electrons. The molecule has 0 bridgehead atoms. The van der Waals surface area contributed by atoms with Crippen LogP contribution in [0.1, 0.15) is 20.3 Å². The normalized spacial score (nSPS) is 10.8. The second-order valence-electron chi connectivity index (χ2n) is 4.47. The van der Waals surface area contributed by atoms with E-state index >= 15 is 0 Å². The maximum Gasteiger partial charge on any atom is 0.153 e. The summed E-state index contributed by atoms with van der Waals surface area (Å²) in [4.78, 5) is 4.36. The zero-order valence-corrected chi connectivity index (χ0v) is 10.3. The molecule has 0 unspecified atom stereocenters. The molecule has 0 atom stereocenters.